The maximum absolute atomic E-state index is 5.97. The molecule has 0 aliphatic rings. The van der Waals surface area contributed by atoms with Gasteiger partial charge < -0.3 is 9.88 Å². The van der Waals surface area contributed by atoms with Crippen LogP contribution in [0.1, 0.15) is 17.7 Å². The van der Waals surface area contributed by atoms with Gasteiger partial charge in [-0.2, -0.15) is 0 Å². The van der Waals surface area contributed by atoms with Gasteiger partial charge in [-0.1, -0.05) is 0 Å². The second-order valence-corrected chi connectivity index (χ2v) is 6.42. The third-order valence-electron chi connectivity index (χ3n) is 3.18. The number of nitrogens with zero attached hydrogens (tertiary/aromatic N) is 4. The molecule has 3 rings (SSSR count). The van der Waals surface area contributed by atoms with Crippen LogP contribution in [-0.4, -0.2) is 26.1 Å². The number of unbranched alkanes of at least 4 members (excludes halogenated alkanes) is 1. The summed E-state index contributed by atoms with van der Waals surface area (Å²) in [6.07, 6.45) is 7.78. The van der Waals surface area contributed by atoms with Crippen molar-refractivity contribution in [3.63, 3.8) is 0 Å². The van der Waals surface area contributed by atoms with Crippen LogP contribution in [0, 0.1) is 6.92 Å². The normalized spacial score (nSPS) is 11.1. The molecule has 21 heavy (non-hydrogen) atoms. The minimum absolute atomic E-state index is 0.297. The van der Waals surface area contributed by atoms with E-state index in [0.29, 0.717) is 5.28 Å². The first kappa shape index (κ1) is 14.3. The molecule has 3 aromatic heterocycles. The first-order valence-electron chi connectivity index (χ1n) is 6.85. The number of aromatic nitrogens is 4. The predicted molar refractivity (Wildman–Crippen MR) is 87.1 cm³/mol. The van der Waals surface area contributed by atoms with Crippen LogP contribution in [0.5, 0.6) is 0 Å². The first-order chi connectivity index (χ1) is 10.2. The number of aryl methyl sites for hydroxylation is 2. The molecule has 3 heterocycles. The summed E-state index contributed by atoms with van der Waals surface area (Å²) in [5.41, 5.74) is 0. The van der Waals surface area contributed by atoms with Crippen molar-refractivity contribution in [2.45, 2.75) is 26.3 Å². The summed E-state index contributed by atoms with van der Waals surface area (Å²) in [4.78, 5) is 14.7. The highest BCUT2D eigenvalue weighted by Crippen LogP contribution is 2.29. The van der Waals surface area contributed by atoms with E-state index < -0.39 is 0 Å². The molecule has 1 N–H and O–H groups in total. The van der Waals surface area contributed by atoms with Crippen LogP contribution in [0.25, 0.3) is 10.2 Å². The molecule has 0 atom stereocenters. The zero-order valence-electron chi connectivity index (χ0n) is 11.7. The third kappa shape index (κ3) is 3.51. The van der Waals surface area contributed by atoms with Crippen LogP contribution in [0.15, 0.2) is 24.8 Å². The van der Waals surface area contributed by atoms with Crippen molar-refractivity contribution < 1.29 is 0 Å². The number of hydrogen-bond acceptors (Lipinski definition) is 5. The second-order valence-electron chi connectivity index (χ2n) is 4.85. The molecule has 0 aromatic carbocycles. The Morgan fingerprint density at radius 1 is 1.33 bits per heavy atom. The molecule has 110 valence electrons. The second kappa shape index (κ2) is 6.41. The highest BCUT2D eigenvalue weighted by molar-refractivity contribution is 7.18. The molecule has 7 heteroatoms. The van der Waals surface area contributed by atoms with Gasteiger partial charge in [0.2, 0.25) is 5.28 Å². The molecular formula is C14H16ClN5S. The summed E-state index contributed by atoms with van der Waals surface area (Å²) in [7, 11) is 0. The summed E-state index contributed by atoms with van der Waals surface area (Å²) in [6.45, 7) is 3.92. The number of thiophene rings is 1. The molecule has 0 saturated carbocycles. The molecule has 3 aromatic rings. The molecule has 5 nitrogen and oxygen atoms in total. The Labute approximate surface area is 132 Å². The average Bonchev–Trinajstić information content (AvgIpc) is 3.06. The van der Waals surface area contributed by atoms with Gasteiger partial charge in [0.1, 0.15) is 10.6 Å². The monoisotopic (exact) mass is 321 g/mol. The maximum Gasteiger partial charge on any atom is 0.225 e. The van der Waals surface area contributed by atoms with E-state index in [1.807, 2.05) is 12.5 Å². The summed E-state index contributed by atoms with van der Waals surface area (Å²) in [6, 6.07) is 2.10. The van der Waals surface area contributed by atoms with Gasteiger partial charge in [-0.15, -0.1) is 11.3 Å². The van der Waals surface area contributed by atoms with Gasteiger partial charge in [-0.25, -0.2) is 15.0 Å². The van der Waals surface area contributed by atoms with E-state index in [-0.39, 0.29) is 0 Å². The van der Waals surface area contributed by atoms with Crippen molar-refractivity contribution >= 4 is 39.0 Å². The highest BCUT2D eigenvalue weighted by atomic mass is 35.5. The van der Waals surface area contributed by atoms with Gasteiger partial charge in [0, 0.05) is 30.4 Å². The quantitative estimate of drug-likeness (QED) is 0.555. The van der Waals surface area contributed by atoms with Crippen molar-refractivity contribution in [3.05, 3.63) is 34.9 Å². The number of fused-ring (bicyclic) bond motifs is 1. The van der Waals surface area contributed by atoms with Gasteiger partial charge in [-0.3, -0.25) is 0 Å². The van der Waals surface area contributed by atoms with E-state index in [9.17, 15) is 0 Å². The molecule has 0 bridgehead atoms. The third-order valence-corrected chi connectivity index (χ3v) is 4.30. The van der Waals surface area contributed by atoms with Crippen molar-refractivity contribution in [2.24, 2.45) is 0 Å². The fraction of sp³-hybridized carbons (Fsp3) is 0.357. The predicted octanol–water partition coefficient (Wildman–Crippen LogP) is 3.74. The van der Waals surface area contributed by atoms with Crippen molar-refractivity contribution in [1.29, 1.82) is 0 Å². The lowest BCUT2D eigenvalue weighted by Crippen LogP contribution is -2.06. The van der Waals surface area contributed by atoms with Gasteiger partial charge in [0.05, 0.1) is 11.7 Å². The number of imidazole rings is 1. The molecule has 0 fully saturated rings. The summed E-state index contributed by atoms with van der Waals surface area (Å²) in [5, 5.41) is 4.72. The fourth-order valence-electron chi connectivity index (χ4n) is 2.20. The SMILES string of the molecule is Cc1cc2c(NCCCCn3ccnc3)nc(Cl)nc2s1. The molecular weight excluding hydrogens is 306 g/mol. The zero-order valence-corrected chi connectivity index (χ0v) is 13.3. The van der Waals surface area contributed by atoms with Gasteiger partial charge >= 0.3 is 0 Å². The molecule has 0 amide bonds. The van der Waals surface area contributed by atoms with E-state index in [0.717, 1.165) is 42.0 Å². The largest absolute Gasteiger partial charge is 0.369 e. The van der Waals surface area contributed by atoms with Crippen LogP contribution in [0.4, 0.5) is 5.82 Å². The Morgan fingerprint density at radius 2 is 2.24 bits per heavy atom. The van der Waals surface area contributed by atoms with Crippen molar-refractivity contribution in [2.75, 3.05) is 11.9 Å². The maximum atomic E-state index is 5.97. The van der Waals surface area contributed by atoms with Crippen LogP contribution in [0.2, 0.25) is 5.28 Å². The fourth-order valence-corrected chi connectivity index (χ4v) is 3.29. The average molecular weight is 322 g/mol. The summed E-state index contributed by atoms with van der Waals surface area (Å²) >= 11 is 7.61. The van der Waals surface area contributed by atoms with Crippen LogP contribution < -0.4 is 5.32 Å². The number of anilines is 1. The molecule has 0 aliphatic carbocycles. The number of hydrogen-bond donors (Lipinski definition) is 1. The van der Waals surface area contributed by atoms with Crippen molar-refractivity contribution in [1.82, 2.24) is 19.5 Å². The smallest absolute Gasteiger partial charge is 0.225 e. The summed E-state index contributed by atoms with van der Waals surface area (Å²) in [5.74, 6) is 0.831. The number of nitrogens with one attached hydrogen (secondary N) is 1. The Morgan fingerprint density at radius 3 is 3.05 bits per heavy atom. The zero-order chi connectivity index (χ0) is 14.7. The topological polar surface area (TPSA) is 55.6 Å². The molecule has 0 saturated heterocycles. The van der Waals surface area contributed by atoms with Gasteiger partial charge in [0.15, 0.2) is 0 Å². The van der Waals surface area contributed by atoms with E-state index in [1.54, 1.807) is 17.5 Å². The van der Waals surface area contributed by atoms with E-state index in [4.69, 9.17) is 11.6 Å². The molecule has 0 aliphatic heterocycles. The lowest BCUT2D eigenvalue weighted by atomic mass is 10.3. The van der Waals surface area contributed by atoms with Crippen LogP contribution in [0.3, 0.4) is 0 Å². The van der Waals surface area contributed by atoms with E-state index >= 15 is 0 Å². The minimum atomic E-state index is 0.297. The Hall–Kier alpha value is -1.66. The standard InChI is InChI=1S/C14H16ClN5S/c1-10-8-11-12(18-14(15)19-13(11)21-10)17-4-2-3-6-20-7-5-16-9-20/h5,7-9H,2-4,6H2,1H3,(H,17,18,19). The van der Waals surface area contributed by atoms with Gasteiger partial charge in [0.25, 0.3) is 0 Å². The van der Waals surface area contributed by atoms with Gasteiger partial charge in [-0.05, 0) is 37.4 Å². The van der Waals surface area contributed by atoms with Crippen LogP contribution >= 0.6 is 22.9 Å². The highest BCUT2D eigenvalue weighted by Gasteiger charge is 2.09. The van der Waals surface area contributed by atoms with E-state index in [1.165, 1.54) is 4.88 Å². The molecule has 0 spiro atoms. The lowest BCUT2D eigenvalue weighted by Gasteiger charge is -2.07. The summed E-state index contributed by atoms with van der Waals surface area (Å²) < 4.78 is 2.09. The Kier molecular flexibility index (Phi) is 4.36. The van der Waals surface area contributed by atoms with Crippen LogP contribution in [-0.2, 0) is 6.54 Å². The Bertz CT molecular complexity index is 722. The lowest BCUT2D eigenvalue weighted by molar-refractivity contribution is 0.621. The van der Waals surface area contributed by atoms with E-state index in [2.05, 4.69) is 37.8 Å². The first-order valence-corrected chi connectivity index (χ1v) is 8.05. The Balaban J connectivity index is 1.57. The minimum Gasteiger partial charge on any atom is -0.369 e. The number of halogens is 1. The molecule has 0 radical (unpaired) electrons. The van der Waals surface area contributed by atoms with Crippen molar-refractivity contribution in [3.8, 4) is 0 Å². The number of rotatable bonds is 6. The molecule has 0 unspecified atom stereocenters.